The summed E-state index contributed by atoms with van der Waals surface area (Å²) in [5.41, 5.74) is 1.39. The van der Waals surface area contributed by atoms with Gasteiger partial charge in [-0.25, -0.2) is 0 Å². The first-order chi connectivity index (χ1) is 9.28. The van der Waals surface area contributed by atoms with Crippen molar-refractivity contribution in [1.29, 1.82) is 0 Å². The lowest BCUT2D eigenvalue weighted by Gasteiger charge is -2.30. The highest BCUT2D eigenvalue weighted by Crippen LogP contribution is 2.32. The Bertz CT molecular complexity index is 443. The van der Waals surface area contributed by atoms with Gasteiger partial charge in [-0.05, 0) is 42.6 Å². The Hall–Kier alpha value is -0.190. The van der Waals surface area contributed by atoms with E-state index in [2.05, 4.69) is 6.07 Å². The van der Waals surface area contributed by atoms with Crippen LogP contribution in [0.15, 0.2) is 6.07 Å². The minimum atomic E-state index is 0.234. The number of rotatable bonds is 2. The summed E-state index contributed by atoms with van der Waals surface area (Å²) < 4.78 is 0. The van der Waals surface area contributed by atoms with Gasteiger partial charge in [0.05, 0.1) is 4.88 Å². The number of alkyl halides is 1. The molecule has 104 valence electrons. The topological polar surface area (TPSA) is 20.3 Å². The van der Waals surface area contributed by atoms with Crippen LogP contribution in [-0.2, 0) is 12.2 Å². The maximum absolute atomic E-state index is 12.5. The molecule has 0 N–H and O–H groups in total. The van der Waals surface area contributed by atoms with Crippen molar-refractivity contribution < 1.29 is 4.79 Å². The number of thiophene rings is 1. The zero-order valence-corrected chi connectivity index (χ0v) is 13.3. The van der Waals surface area contributed by atoms with E-state index in [1.807, 2.05) is 16.7 Å². The number of amides is 1. The molecule has 1 fully saturated rings. The molecule has 3 rings (SSSR count). The lowest BCUT2D eigenvalue weighted by Crippen LogP contribution is -2.38. The second-order valence-corrected chi connectivity index (χ2v) is 7.80. The first kappa shape index (κ1) is 13.8. The fraction of sp³-hybridized carbons (Fsp3) is 0.643. The standard InChI is InChI=1S/C14H18ClNOS2/c15-8-10-1-4-16(5-2-10)14(17)13-7-11-9-18-6-3-12(11)19-13/h7,10H,1-6,8-9H2. The van der Waals surface area contributed by atoms with Crippen molar-refractivity contribution in [2.24, 2.45) is 5.92 Å². The Morgan fingerprint density at radius 3 is 2.89 bits per heavy atom. The monoisotopic (exact) mass is 315 g/mol. The minimum absolute atomic E-state index is 0.234. The maximum Gasteiger partial charge on any atom is 0.263 e. The summed E-state index contributed by atoms with van der Waals surface area (Å²) in [5.74, 6) is 3.83. The second-order valence-electron chi connectivity index (χ2n) is 5.25. The summed E-state index contributed by atoms with van der Waals surface area (Å²) in [4.78, 5) is 16.9. The van der Waals surface area contributed by atoms with Crippen LogP contribution < -0.4 is 0 Å². The quantitative estimate of drug-likeness (QED) is 0.777. The highest BCUT2D eigenvalue weighted by Gasteiger charge is 2.25. The van der Waals surface area contributed by atoms with Crippen LogP contribution in [0, 0.1) is 5.92 Å². The predicted molar refractivity (Wildman–Crippen MR) is 83.5 cm³/mol. The molecule has 3 heterocycles. The second kappa shape index (κ2) is 6.06. The Kier molecular flexibility index (Phi) is 4.40. The minimum Gasteiger partial charge on any atom is -0.338 e. The molecule has 0 bridgehead atoms. The van der Waals surface area contributed by atoms with Crippen LogP contribution >= 0.6 is 34.7 Å². The van der Waals surface area contributed by atoms with Crippen molar-refractivity contribution in [1.82, 2.24) is 4.90 Å². The Balaban J connectivity index is 1.68. The molecule has 0 radical (unpaired) electrons. The van der Waals surface area contributed by atoms with Crippen LogP contribution in [0.1, 0.15) is 33.0 Å². The van der Waals surface area contributed by atoms with Crippen molar-refractivity contribution >= 4 is 40.6 Å². The molecule has 19 heavy (non-hydrogen) atoms. The van der Waals surface area contributed by atoms with Crippen molar-refractivity contribution in [3.8, 4) is 0 Å². The van der Waals surface area contributed by atoms with Gasteiger partial charge in [-0.3, -0.25) is 4.79 Å². The number of likely N-dealkylation sites (tertiary alicyclic amines) is 1. The predicted octanol–water partition coefficient (Wildman–Crippen LogP) is 3.63. The molecule has 0 spiro atoms. The average Bonchev–Trinajstić information content (AvgIpc) is 2.90. The largest absolute Gasteiger partial charge is 0.338 e. The molecule has 1 saturated heterocycles. The molecule has 0 atom stereocenters. The Labute approximate surface area is 127 Å². The third-order valence-electron chi connectivity index (χ3n) is 3.96. The lowest BCUT2D eigenvalue weighted by atomic mass is 9.99. The number of nitrogens with zero attached hydrogens (tertiary/aromatic N) is 1. The van der Waals surface area contributed by atoms with Gasteiger partial charge in [-0.1, -0.05) is 0 Å². The van der Waals surface area contributed by atoms with Crippen LogP contribution in [0.4, 0.5) is 0 Å². The number of aryl methyl sites for hydroxylation is 1. The van der Waals surface area contributed by atoms with Crippen LogP contribution in [0.2, 0.25) is 0 Å². The SMILES string of the molecule is O=C(c1cc2c(s1)CCSC2)N1CCC(CCl)CC1. The molecular formula is C14H18ClNOS2. The number of hydrogen-bond acceptors (Lipinski definition) is 3. The molecule has 0 unspecified atom stereocenters. The van der Waals surface area contributed by atoms with Crippen molar-refractivity contribution in [2.75, 3.05) is 24.7 Å². The number of carbonyl (C=O) groups excluding carboxylic acids is 1. The molecule has 1 aromatic rings. The van der Waals surface area contributed by atoms with Crippen molar-refractivity contribution in [3.63, 3.8) is 0 Å². The third kappa shape index (κ3) is 2.96. The van der Waals surface area contributed by atoms with Crippen molar-refractivity contribution in [3.05, 3.63) is 21.4 Å². The Morgan fingerprint density at radius 1 is 1.42 bits per heavy atom. The van der Waals surface area contributed by atoms with E-state index in [9.17, 15) is 4.79 Å². The van der Waals surface area contributed by atoms with E-state index in [0.29, 0.717) is 5.92 Å². The molecule has 5 heteroatoms. The highest BCUT2D eigenvalue weighted by molar-refractivity contribution is 7.98. The smallest absolute Gasteiger partial charge is 0.263 e. The first-order valence-electron chi connectivity index (χ1n) is 6.82. The number of hydrogen-bond donors (Lipinski definition) is 0. The van der Waals surface area contributed by atoms with E-state index in [1.54, 1.807) is 11.3 Å². The zero-order chi connectivity index (χ0) is 13.2. The van der Waals surface area contributed by atoms with Crippen LogP contribution in [0.5, 0.6) is 0 Å². The summed E-state index contributed by atoms with van der Waals surface area (Å²) >= 11 is 9.57. The summed E-state index contributed by atoms with van der Waals surface area (Å²) in [6.45, 7) is 1.74. The van der Waals surface area contributed by atoms with Crippen LogP contribution in [0.3, 0.4) is 0 Å². The molecule has 0 aliphatic carbocycles. The van der Waals surface area contributed by atoms with E-state index < -0.39 is 0 Å². The number of piperidine rings is 1. The number of fused-ring (bicyclic) bond motifs is 1. The van der Waals surface area contributed by atoms with E-state index in [-0.39, 0.29) is 5.91 Å². The van der Waals surface area contributed by atoms with Gasteiger partial charge in [0.25, 0.3) is 5.91 Å². The molecule has 2 nitrogen and oxygen atoms in total. The highest BCUT2D eigenvalue weighted by atomic mass is 35.5. The fourth-order valence-electron chi connectivity index (χ4n) is 2.70. The molecule has 2 aliphatic heterocycles. The number of carbonyl (C=O) groups is 1. The summed E-state index contributed by atoms with van der Waals surface area (Å²) in [6, 6.07) is 2.13. The van der Waals surface area contributed by atoms with E-state index >= 15 is 0 Å². The summed E-state index contributed by atoms with van der Waals surface area (Å²) in [7, 11) is 0. The fourth-order valence-corrected chi connectivity index (χ4v) is 5.35. The molecule has 2 aliphatic rings. The Morgan fingerprint density at radius 2 is 2.21 bits per heavy atom. The number of halogens is 1. The van der Waals surface area contributed by atoms with Gasteiger partial charge in [0, 0.05) is 29.6 Å². The molecule has 1 amide bonds. The average molecular weight is 316 g/mol. The third-order valence-corrected chi connectivity index (χ3v) is 6.63. The molecular weight excluding hydrogens is 298 g/mol. The first-order valence-corrected chi connectivity index (χ1v) is 9.33. The van der Waals surface area contributed by atoms with Crippen LogP contribution in [-0.4, -0.2) is 35.5 Å². The van der Waals surface area contributed by atoms with Gasteiger partial charge in [-0.15, -0.1) is 22.9 Å². The van der Waals surface area contributed by atoms with Crippen molar-refractivity contribution in [2.45, 2.75) is 25.0 Å². The summed E-state index contributed by atoms with van der Waals surface area (Å²) in [5, 5.41) is 0. The molecule has 0 aromatic carbocycles. The zero-order valence-electron chi connectivity index (χ0n) is 10.9. The van der Waals surface area contributed by atoms with Gasteiger partial charge in [-0.2, -0.15) is 11.8 Å². The van der Waals surface area contributed by atoms with E-state index in [4.69, 9.17) is 11.6 Å². The van der Waals surface area contributed by atoms with E-state index in [0.717, 1.165) is 48.9 Å². The van der Waals surface area contributed by atoms with E-state index in [1.165, 1.54) is 16.2 Å². The molecule has 1 aromatic heterocycles. The van der Waals surface area contributed by atoms with Gasteiger partial charge in [0.1, 0.15) is 0 Å². The van der Waals surface area contributed by atoms with Gasteiger partial charge < -0.3 is 4.90 Å². The van der Waals surface area contributed by atoms with Gasteiger partial charge in [0.2, 0.25) is 0 Å². The summed E-state index contributed by atoms with van der Waals surface area (Å²) in [6.07, 6.45) is 3.23. The molecule has 0 saturated carbocycles. The van der Waals surface area contributed by atoms with Gasteiger partial charge >= 0.3 is 0 Å². The lowest BCUT2D eigenvalue weighted by molar-refractivity contribution is 0.0703. The van der Waals surface area contributed by atoms with Crippen LogP contribution in [0.25, 0.3) is 0 Å². The maximum atomic E-state index is 12.5. The normalized spacial score (nSPS) is 20.4. The number of thioether (sulfide) groups is 1. The van der Waals surface area contributed by atoms with Gasteiger partial charge in [0.15, 0.2) is 0 Å².